The van der Waals surface area contributed by atoms with Crippen LogP contribution >= 0.6 is 7.52 Å². The van der Waals surface area contributed by atoms with Gasteiger partial charge in [-0.3, -0.25) is 9.36 Å². The molecular formula is C24H36N3O4P. The Bertz CT molecular complexity index is 1030. The van der Waals surface area contributed by atoms with Gasteiger partial charge in [0.2, 0.25) is 0 Å². The first-order valence-electron chi connectivity index (χ1n) is 11.2. The summed E-state index contributed by atoms with van der Waals surface area (Å²) in [5.74, 6) is -0.242. The predicted octanol–water partition coefficient (Wildman–Crippen LogP) is 5.18. The predicted molar refractivity (Wildman–Crippen MR) is 130 cm³/mol. The van der Waals surface area contributed by atoms with Gasteiger partial charge < -0.3 is 19.8 Å². The first-order chi connectivity index (χ1) is 14.7. The van der Waals surface area contributed by atoms with Crippen LogP contribution in [-0.2, 0) is 13.9 Å². The lowest BCUT2D eigenvalue weighted by Crippen LogP contribution is -2.45. The van der Waals surface area contributed by atoms with Crippen LogP contribution in [0.4, 0.5) is 5.69 Å². The second-order valence-corrected chi connectivity index (χ2v) is 12.8. The molecule has 1 aromatic rings. The number of carbonyl (C=O) groups excluding carboxylic acids is 1. The van der Waals surface area contributed by atoms with Gasteiger partial charge in [-0.1, -0.05) is 53.7 Å². The van der Waals surface area contributed by atoms with Gasteiger partial charge in [0, 0.05) is 6.54 Å². The normalized spacial score (nSPS) is 23.9. The van der Waals surface area contributed by atoms with Crippen LogP contribution in [0, 0.1) is 17.8 Å². The van der Waals surface area contributed by atoms with Gasteiger partial charge in [0.1, 0.15) is 11.3 Å². The fourth-order valence-electron chi connectivity index (χ4n) is 4.29. The lowest BCUT2D eigenvalue weighted by molar-refractivity contribution is -0.128. The summed E-state index contributed by atoms with van der Waals surface area (Å²) in [7, 11) is -3.62. The summed E-state index contributed by atoms with van der Waals surface area (Å²) in [6, 6.07) is 4.99. The molecule has 0 bridgehead atoms. The number of anilines is 1. The van der Waals surface area contributed by atoms with Crippen LogP contribution in [-0.4, -0.2) is 40.9 Å². The molecule has 0 saturated carbocycles. The van der Waals surface area contributed by atoms with Gasteiger partial charge in [-0.25, -0.2) is 0 Å². The van der Waals surface area contributed by atoms with E-state index < -0.39 is 19.0 Å². The van der Waals surface area contributed by atoms with Crippen LogP contribution in [0.2, 0.25) is 0 Å². The average Bonchev–Trinajstić information content (AvgIpc) is 2.89. The summed E-state index contributed by atoms with van der Waals surface area (Å²) in [5.41, 5.74) is 1.09. The van der Waals surface area contributed by atoms with E-state index >= 15 is 0 Å². The standard InChI is InChI=1S/C24H36N3O4P/c1-9-31-32(30)19-15(2)11-10-12-16(19)25-21(26-32)17-18(28)20(24(6,7)8)27(22(17)29)14-13-23(3,4)5/h10-12,20,28H,9,13-14H2,1-8H3,(H,25,26,30). The van der Waals surface area contributed by atoms with E-state index in [1.807, 2.05) is 39.8 Å². The number of aliphatic hydroxyl groups is 1. The molecule has 0 aromatic heterocycles. The zero-order chi connectivity index (χ0) is 24.1. The molecule has 2 unspecified atom stereocenters. The zero-order valence-electron chi connectivity index (χ0n) is 20.4. The first kappa shape index (κ1) is 24.5. The fourth-order valence-corrected chi connectivity index (χ4v) is 6.30. The van der Waals surface area contributed by atoms with Crippen molar-refractivity contribution in [3.05, 3.63) is 35.1 Å². The summed E-state index contributed by atoms with van der Waals surface area (Å²) in [4.78, 5) is 15.3. The van der Waals surface area contributed by atoms with Gasteiger partial charge >= 0.3 is 7.52 Å². The van der Waals surface area contributed by atoms with Crippen LogP contribution < -0.4 is 10.6 Å². The molecule has 176 valence electrons. The Morgan fingerprint density at radius 3 is 2.44 bits per heavy atom. The molecule has 1 amide bonds. The van der Waals surface area contributed by atoms with Gasteiger partial charge in [-0.05, 0) is 42.7 Å². The van der Waals surface area contributed by atoms with Gasteiger partial charge in [0.25, 0.3) is 5.91 Å². The van der Waals surface area contributed by atoms with E-state index in [4.69, 9.17) is 4.52 Å². The van der Waals surface area contributed by atoms with Gasteiger partial charge in [-0.2, -0.15) is 4.76 Å². The maximum Gasteiger partial charge on any atom is 0.348 e. The van der Waals surface area contributed by atoms with Crippen molar-refractivity contribution in [1.29, 1.82) is 0 Å². The number of hydrogen-bond acceptors (Lipinski definition) is 5. The Labute approximate surface area is 191 Å². The minimum Gasteiger partial charge on any atom is -0.509 e. The molecule has 3 rings (SSSR count). The highest BCUT2D eigenvalue weighted by Crippen LogP contribution is 2.53. The number of nitrogens with zero attached hydrogens (tertiary/aromatic N) is 2. The van der Waals surface area contributed by atoms with Gasteiger partial charge in [-0.15, -0.1) is 0 Å². The molecule has 2 atom stereocenters. The van der Waals surface area contributed by atoms with Crippen LogP contribution in [0.1, 0.15) is 60.5 Å². The van der Waals surface area contributed by atoms with Gasteiger partial charge in [0.15, 0.2) is 5.84 Å². The highest BCUT2D eigenvalue weighted by atomic mass is 31.2. The molecule has 2 heterocycles. The molecule has 1 aromatic carbocycles. The van der Waals surface area contributed by atoms with Crippen molar-refractivity contribution in [2.24, 2.45) is 15.6 Å². The Morgan fingerprint density at radius 1 is 1.22 bits per heavy atom. The lowest BCUT2D eigenvalue weighted by Gasteiger charge is -2.36. The van der Waals surface area contributed by atoms with Crippen molar-refractivity contribution in [3.8, 4) is 0 Å². The van der Waals surface area contributed by atoms with Crippen LogP contribution in [0.15, 0.2) is 34.3 Å². The van der Waals surface area contributed by atoms with Crippen LogP contribution in [0.3, 0.4) is 0 Å². The van der Waals surface area contributed by atoms with Crippen molar-refractivity contribution in [1.82, 2.24) is 4.90 Å². The number of hydrogen-bond donors (Lipinski definition) is 2. The molecule has 0 spiro atoms. The van der Waals surface area contributed by atoms with Crippen molar-refractivity contribution in [3.63, 3.8) is 0 Å². The number of aliphatic hydroxyl groups excluding tert-OH is 1. The molecule has 8 heteroatoms. The number of amides is 1. The molecule has 7 nitrogen and oxygen atoms in total. The molecule has 0 radical (unpaired) electrons. The number of nitrogens with one attached hydrogen (secondary N) is 1. The number of aryl methyl sites for hydroxylation is 1. The number of fused-ring (bicyclic) bond motifs is 1. The second-order valence-electron chi connectivity index (χ2n) is 10.8. The van der Waals surface area contributed by atoms with E-state index in [0.717, 1.165) is 12.0 Å². The van der Waals surface area contributed by atoms with Crippen LogP contribution in [0.5, 0.6) is 0 Å². The van der Waals surface area contributed by atoms with Crippen molar-refractivity contribution < 1.29 is 19.0 Å². The third-order valence-electron chi connectivity index (χ3n) is 5.77. The quantitative estimate of drug-likeness (QED) is 0.590. The number of amidine groups is 1. The van der Waals surface area contributed by atoms with E-state index in [1.54, 1.807) is 17.9 Å². The maximum absolute atomic E-state index is 13.8. The van der Waals surface area contributed by atoms with Crippen molar-refractivity contribution >= 4 is 30.3 Å². The first-order valence-corrected chi connectivity index (χ1v) is 12.7. The van der Waals surface area contributed by atoms with Gasteiger partial charge in [0.05, 0.1) is 23.6 Å². The third kappa shape index (κ3) is 4.51. The molecule has 0 fully saturated rings. The van der Waals surface area contributed by atoms with E-state index in [-0.39, 0.29) is 35.1 Å². The highest BCUT2D eigenvalue weighted by molar-refractivity contribution is 7.66. The number of benzene rings is 1. The molecule has 2 aliphatic heterocycles. The van der Waals surface area contributed by atoms with E-state index in [9.17, 15) is 14.5 Å². The molecule has 2 aliphatic rings. The third-order valence-corrected chi connectivity index (χ3v) is 8.00. The smallest absolute Gasteiger partial charge is 0.348 e. The summed E-state index contributed by atoms with van der Waals surface area (Å²) >= 11 is 0. The topological polar surface area (TPSA) is 91.2 Å². The van der Waals surface area contributed by atoms with E-state index in [2.05, 4.69) is 30.9 Å². The summed E-state index contributed by atoms with van der Waals surface area (Å²) in [6.07, 6.45) is 0.783. The SMILES string of the molecule is CCOP1(=O)N=C(C2=C(O)C(C(C)(C)C)N(CCC(C)(C)C)C2=O)Nc2cccc(C)c21. The summed E-state index contributed by atoms with van der Waals surface area (Å²) < 4.78 is 23.9. The fraction of sp³-hybridized carbons (Fsp3) is 0.583. The summed E-state index contributed by atoms with van der Waals surface area (Å²) in [5, 5.41) is 14.9. The minimum absolute atomic E-state index is 0.0306. The highest BCUT2D eigenvalue weighted by Gasteiger charge is 2.48. The number of rotatable bonds is 5. The molecule has 0 saturated heterocycles. The Kier molecular flexibility index (Phi) is 6.40. The van der Waals surface area contributed by atoms with Crippen molar-refractivity contribution in [2.45, 2.75) is 67.9 Å². The maximum atomic E-state index is 13.8. The molecule has 32 heavy (non-hydrogen) atoms. The average molecular weight is 462 g/mol. The summed E-state index contributed by atoms with van der Waals surface area (Å²) in [6.45, 7) is 16.7. The monoisotopic (exact) mass is 461 g/mol. The second kappa shape index (κ2) is 8.35. The number of carbonyl (C=O) groups is 1. The Morgan fingerprint density at radius 2 is 1.88 bits per heavy atom. The van der Waals surface area contributed by atoms with E-state index in [0.29, 0.717) is 17.5 Å². The largest absolute Gasteiger partial charge is 0.509 e. The lowest BCUT2D eigenvalue weighted by atomic mass is 9.84. The van der Waals surface area contributed by atoms with Crippen molar-refractivity contribution in [2.75, 3.05) is 18.5 Å². The molecule has 2 N–H and O–H groups in total. The Balaban J connectivity index is 2.11. The van der Waals surface area contributed by atoms with Crippen LogP contribution in [0.25, 0.3) is 0 Å². The zero-order valence-corrected chi connectivity index (χ0v) is 21.3. The minimum atomic E-state index is -3.62. The molecular weight excluding hydrogens is 425 g/mol. The molecule has 0 aliphatic carbocycles. The van der Waals surface area contributed by atoms with E-state index in [1.165, 1.54) is 0 Å². The Hall–Kier alpha value is -2.11.